The molecule has 120 valence electrons. The van der Waals surface area contributed by atoms with Crippen LogP contribution in [0, 0.1) is 11.8 Å². The summed E-state index contributed by atoms with van der Waals surface area (Å²) in [5.41, 5.74) is 1.42. The molecule has 1 aliphatic rings. The molecule has 0 radical (unpaired) electrons. The summed E-state index contributed by atoms with van der Waals surface area (Å²) >= 11 is 0. The van der Waals surface area contributed by atoms with Crippen LogP contribution in [0.5, 0.6) is 0 Å². The van der Waals surface area contributed by atoms with Crippen molar-refractivity contribution in [3.05, 3.63) is 11.6 Å². The number of hydrogen-bond donors (Lipinski definition) is 1. The standard InChI is InChI=1S/C17H29NO3/c1-13(2)11-16(19)18(12-14(3)17(20)21)10-9-15-7-5-4-6-8-15/h7,13-14H,4-6,8-12H2,1-3H3,(H,20,21). The van der Waals surface area contributed by atoms with Gasteiger partial charge in [0.25, 0.3) is 0 Å². The molecule has 1 atom stereocenters. The van der Waals surface area contributed by atoms with Crippen LogP contribution in [0.4, 0.5) is 0 Å². The smallest absolute Gasteiger partial charge is 0.308 e. The molecule has 0 aliphatic heterocycles. The van der Waals surface area contributed by atoms with E-state index in [0.717, 1.165) is 19.3 Å². The highest BCUT2D eigenvalue weighted by Gasteiger charge is 2.21. The summed E-state index contributed by atoms with van der Waals surface area (Å²) < 4.78 is 0. The first-order chi connectivity index (χ1) is 9.90. The lowest BCUT2D eigenvalue weighted by atomic mass is 9.97. The lowest BCUT2D eigenvalue weighted by Gasteiger charge is -2.26. The predicted molar refractivity (Wildman–Crippen MR) is 84.0 cm³/mol. The second-order valence-corrected chi connectivity index (χ2v) is 6.54. The van der Waals surface area contributed by atoms with Crippen LogP contribution in [0.15, 0.2) is 11.6 Å². The molecule has 1 aliphatic carbocycles. The minimum atomic E-state index is -0.839. The number of hydrogen-bond acceptors (Lipinski definition) is 2. The van der Waals surface area contributed by atoms with Gasteiger partial charge in [0.2, 0.25) is 5.91 Å². The number of carbonyl (C=O) groups excluding carboxylic acids is 1. The van der Waals surface area contributed by atoms with Gasteiger partial charge >= 0.3 is 5.97 Å². The summed E-state index contributed by atoms with van der Waals surface area (Å²) in [6, 6.07) is 0. The molecule has 0 aromatic heterocycles. The van der Waals surface area contributed by atoms with E-state index >= 15 is 0 Å². The minimum Gasteiger partial charge on any atom is -0.481 e. The van der Waals surface area contributed by atoms with Crippen LogP contribution in [-0.2, 0) is 9.59 Å². The second kappa shape index (κ2) is 8.85. The Balaban J connectivity index is 2.59. The normalized spacial score (nSPS) is 16.5. The molecular weight excluding hydrogens is 266 g/mol. The van der Waals surface area contributed by atoms with Crippen molar-refractivity contribution >= 4 is 11.9 Å². The van der Waals surface area contributed by atoms with Crippen LogP contribution in [-0.4, -0.2) is 35.0 Å². The number of carboxylic acids is 1. The molecule has 0 saturated carbocycles. The number of carboxylic acid groups (broad SMARTS) is 1. The predicted octanol–water partition coefficient (Wildman–Crippen LogP) is 3.47. The monoisotopic (exact) mass is 295 g/mol. The molecule has 0 bridgehead atoms. The number of nitrogens with zero attached hydrogens (tertiary/aromatic N) is 1. The molecule has 1 unspecified atom stereocenters. The van der Waals surface area contributed by atoms with E-state index in [1.165, 1.54) is 18.4 Å². The van der Waals surface area contributed by atoms with Crippen molar-refractivity contribution in [3.63, 3.8) is 0 Å². The van der Waals surface area contributed by atoms with Crippen molar-refractivity contribution in [1.29, 1.82) is 0 Å². The van der Waals surface area contributed by atoms with Crippen molar-refractivity contribution in [2.24, 2.45) is 11.8 Å². The maximum Gasteiger partial charge on any atom is 0.308 e. The Bertz CT molecular complexity index is 387. The van der Waals surface area contributed by atoms with E-state index < -0.39 is 11.9 Å². The maximum absolute atomic E-state index is 12.3. The number of aliphatic carboxylic acids is 1. The third-order valence-corrected chi connectivity index (χ3v) is 3.94. The fourth-order valence-electron chi connectivity index (χ4n) is 2.62. The van der Waals surface area contributed by atoms with Crippen LogP contribution < -0.4 is 0 Å². The summed E-state index contributed by atoms with van der Waals surface area (Å²) in [6.07, 6.45) is 8.42. The van der Waals surface area contributed by atoms with Gasteiger partial charge in [-0.05, 0) is 38.0 Å². The zero-order valence-corrected chi connectivity index (χ0v) is 13.6. The summed E-state index contributed by atoms with van der Waals surface area (Å²) in [6.45, 7) is 6.65. The van der Waals surface area contributed by atoms with E-state index in [4.69, 9.17) is 5.11 Å². The molecule has 1 N–H and O–H groups in total. The van der Waals surface area contributed by atoms with Gasteiger partial charge in [0.15, 0.2) is 0 Å². The zero-order chi connectivity index (χ0) is 15.8. The highest BCUT2D eigenvalue weighted by Crippen LogP contribution is 2.21. The molecule has 0 heterocycles. The second-order valence-electron chi connectivity index (χ2n) is 6.54. The molecule has 0 fully saturated rings. The van der Waals surface area contributed by atoms with Crippen molar-refractivity contribution in [3.8, 4) is 0 Å². The first kappa shape index (κ1) is 17.7. The fourth-order valence-corrected chi connectivity index (χ4v) is 2.62. The number of amides is 1. The first-order valence-electron chi connectivity index (χ1n) is 8.08. The summed E-state index contributed by atoms with van der Waals surface area (Å²) in [5.74, 6) is -0.973. The lowest BCUT2D eigenvalue weighted by molar-refractivity contribution is -0.143. The van der Waals surface area contributed by atoms with Crippen molar-refractivity contribution in [2.75, 3.05) is 13.1 Å². The highest BCUT2D eigenvalue weighted by atomic mass is 16.4. The van der Waals surface area contributed by atoms with E-state index in [0.29, 0.717) is 25.4 Å². The Kier molecular flexibility index (Phi) is 7.48. The fraction of sp³-hybridized carbons (Fsp3) is 0.765. The molecule has 1 amide bonds. The molecule has 0 aromatic carbocycles. The van der Waals surface area contributed by atoms with Gasteiger partial charge in [-0.25, -0.2) is 0 Å². The number of rotatable bonds is 8. The first-order valence-corrected chi connectivity index (χ1v) is 8.08. The third-order valence-electron chi connectivity index (χ3n) is 3.94. The molecule has 0 spiro atoms. The van der Waals surface area contributed by atoms with Crippen molar-refractivity contribution in [2.45, 2.75) is 59.3 Å². The Labute approximate surface area is 128 Å². The summed E-state index contributed by atoms with van der Waals surface area (Å²) in [4.78, 5) is 25.1. The van der Waals surface area contributed by atoms with Crippen LogP contribution in [0.3, 0.4) is 0 Å². The van der Waals surface area contributed by atoms with E-state index in [2.05, 4.69) is 6.08 Å². The van der Waals surface area contributed by atoms with Crippen LogP contribution in [0.2, 0.25) is 0 Å². The van der Waals surface area contributed by atoms with Gasteiger partial charge in [0.1, 0.15) is 0 Å². The summed E-state index contributed by atoms with van der Waals surface area (Å²) in [5, 5.41) is 9.06. The van der Waals surface area contributed by atoms with Gasteiger partial charge in [0, 0.05) is 19.5 Å². The minimum absolute atomic E-state index is 0.0782. The van der Waals surface area contributed by atoms with Gasteiger partial charge in [-0.2, -0.15) is 0 Å². The van der Waals surface area contributed by atoms with Gasteiger partial charge in [-0.3, -0.25) is 9.59 Å². The maximum atomic E-state index is 12.3. The van der Waals surface area contributed by atoms with Crippen LogP contribution in [0.25, 0.3) is 0 Å². The largest absolute Gasteiger partial charge is 0.481 e. The molecule has 1 rings (SSSR count). The summed E-state index contributed by atoms with van der Waals surface area (Å²) in [7, 11) is 0. The quantitative estimate of drug-likeness (QED) is 0.698. The third kappa shape index (κ3) is 6.78. The molecule has 4 nitrogen and oxygen atoms in total. The van der Waals surface area contributed by atoms with Gasteiger partial charge in [0.05, 0.1) is 5.92 Å². The van der Waals surface area contributed by atoms with E-state index in [-0.39, 0.29) is 5.91 Å². The molecule has 4 heteroatoms. The zero-order valence-electron chi connectivity index (χ0n) is 13.6. The molecular formula is C17H29NO3. The SMILES string of the molecule is CC(C)CC(=O)N(CCC1=CCCCC1)CC(C)C(=O)O. The average molecular weight is 295 g/mol. The van der Waals surface area contributed by atoms with Gasteiger partial charge in [-0.1, -0.05) is 32.4 Å². The van der Waals surface area contributed by atoms with Crippen LogP contribution in [0.1, 0.15) is 59.3 Å². The molecule has 0 aromatic rings. The number of allylic oxidation sites excluding steroid dienone is 1. The Morgan fingerprint density at radius 1 is 1.29 bits per heavy atom. The Morgan fingerprint density at radius 2 is 2.00 bits per heavy atom. The van der Waals surface area contributed by atoms with Gasteiger partial charge in [-0.15, -0.1) is 0 Å². The number of carbonyl (C=O) groups is 2. The highest BCUT2D eigenvalue weighted by molar-refractivity contribution is 5.77. The van der Waals surface area contributed by atoms with Crippen molar-refractivity contribution in [1.82, 2.24) is 4.90 Å². The Morgan fingerprint density at radius 3 is 2.52 bits per heavy atom. The van der Waals surface area contributed by atoms with E-state index in [1.807, 2.05) is 13.8 Å². The van der Waals surface area contributed by atoms with Crippen LogP contribution >= 0.6 is 0 Å². The van der Waals surface area contributed by atoms with Gasteiger partial charge < -0.3 is 10.0 Å². The molecule has 0 saturated heterocycles. The Hall–Kier alpha value is -1.32. The van der Waals surface area contributed by atoms with E-state index in [1.54, 1.807) is 11.8 Å². The molecule has 21 heavy (non-hydrogen) atoms. The topological polar surface area (TPSA) is 57.6 Å². The van der Waals surface area contributed by atoms with Crippen molar-refractivity contribution < 1.29 is 14.7 Å². The van der Waals surface area contributed by atoms with E-state index in [9.17, 15) is 9.59 Å². The average Bonchev–Trinajstić information content (AvgIpc) is 2.43. The lowest BCUT2D eigenvalue weighted by Crippen LogP contribution is -2.38.